The van der Waals surface area contributed by atoms with Crippen LogP contribution in [0.2, 0.25) is 0 Å². The third-order valence-corrected chi connectivity index (χ3v) is 10.7. The molecule has 2 atom stereocenters. The number of aromatic nitrogens is 2. The average molecular weight is 699 g/mol. The van der Waals surface area contributed by atoms with Gasteiger partial charge in [-0.2, -0.15) is 28.4 Å². The summed E-state index contributed by atoms with van der Waals surface area (Å²) in [4.78, 5) is 11.7. The molecule has 2 fully saturated rings. The molecule has 2 unspecified atom stereocenters. The molecule has 0 spiro atoms. The second-order valence-electron chi connectivity index (χ2n) is 12.0. The van der Waals surface area contributed by atoms with E-state index in [0.717, 1.165) is 24.8 Å². The monoisotopic (exact) mass is 698 g/mol. The number of rotatable bonds is 8. The van der Waals surface area contributed by atoms with Gasteiger partial charge in [-0.25, -0.2) is 21.6 Å². The Balaban J connectivity index is 1.59. The predicted octanol–water partition coefficient (Wildman–Crippen LogP) is 5.70. The highest BCUT2D eigenvalue weighted by Crippen LogP contribution is 2.48. The molecule has 0 saturated carbocycles. The highest BCUT2D eigenvalue weighted by molar-refractivity contribution is 7.90. The number of halogens is 6. The molecule has 2 aromatic carbocycles. The maximum Gasteiger partial charge on any atom is 0.417 e. The van der Waals surface area contributed by atoms with Gasteiger partial charge in [0, 0.05) is 49.1 Å². The summed E-state index contributed by atoms with van der Waals surface area (Å²) in [5.41, 5.74) is 1.47. The third-order valence-electron chi connectivity index (χ3n) is 8.78. The normalized spacial score (nSPS) is 20.2. The Morgan fingerprint density at radius 1 is 1.28 bits per heavy atom. The maximum absolute atomic E-state index is 16.8. The molecule has 0 radical (unpaired) electrons. The van der Waals surface area contributed by atoms with E-state index in [1.807, 2.05) is 4.90 Å². The molecular weight excluding hydrogens is 670 g/mol. The summed E-state index contributed by atoms with van der Waals surface area (Å²) < 4.78 is 120. The summed E-state index contributed by atoms with van der Waals surface area (Å²) >= 11 is 0.648. The van der Waals surface area contributed by atoms with E-state index in [2.05, 4.69) is 9.97 Å². The van der Waals surface area contributed by atoms with Crippen LogP contribution in [0.15, 0.2) is 18.2 Å². The van der Waals surface area contributed by atoms with Gasteiger partial charge in [-0.05, 0) is 37.1 Å². The molecule has 2 aliphatic rings. The van der Waals surface area contributed by atoms with Gasteiger partial charge in [0.2, 0.25) is 0 Å². The zero-order chi connectivity index (χ0) is 34.1. The number of thiophene rings is 1. The van der Waals surface area contributed by atoms with Crippen molar-refractivity contribution in [1.29, 1.82) is 5.26 Å². The number of alkyl halides is 4. The second-order valence-corrected chi connectivity index (χ2v) is 15.3. The molecule has 2 N–H and O–H groups in total. The molecule has 250 valence electrons. The van der Waals surface area contributed by atoms with Crippen LogP contribution in [0.1, 0.15) is 30.4 Å². The van der Waals surface area contributed by atoms with Gasteiger partial charge in [0.15, 0.2) is 5.82 Å². The average Bonchev–Trinajstić information content (AvgIpc) is 3.63. The molecule has 0 bridgehead atoms. The molecular formula is C30H28F6N6O3S2. The van der Waals surface area contributed by atoms with Crippen molar-refractivity contribution in [3.05, 3.63) is 41.0 Å². The standard InChI is InChI=1S/C30H28F6N6O3S2/c1-41(8-9-47(2,43)44)27-17-10-19(30(34,35)36)22(16-4-5-20(32)25-21(16)18(12-37)26(38)46-25)23(33)24(17)39-28(40-27)45-14-29-6-3-7-42(29)13-15(31)11-29/h4-5,10,15H,3,6-9,11,13-14,38H2,1-2H3. The number of hydrogen-bond acceptors (Lipinski definition) is 10. The molecule has 0 amide bonds. The summed E-state index contributed by atoms with van der Waals surface area (Å²) in [6.45, 7) is 0.598. The Morgan fingerprint density at radius 3 is 2.70 bits per heavy atom. The fourth-order valence-corrected chi connectivity index (χ4v) is 8.15. The minimum absolute atomic E-state index is 0.0706. The smallest absolute Gasteiger partial charge is 0.417 e. The summed E-state index contributed by atoms with van der Waals surface area (Å²) in [6, 6.07) is 3.82. The maximum atomic E-state index is 16.8. The lowest BCUT2D eigenvalue weighted by atomic mass is 9.92. The molecule has 0 aliphatic carbocycles. The fraction of sp³-hybridized carbons (Fsp3) is 0.433. The first-order valence-corrected chi connectivity index (χ1v) is 17.3. The molecule has 2 aromatic heterocycles. The number of hydrogen-bond donors (Lipinski definition) is 1. The van der Waals surface area contributed by atoms with Gasteiger partial charge in [0.1, 0.15) is 50.8 Å². The summed E-state index contributed by atoms with van der Waals surface area (Å²) in [5.74, 6) is -2.93. The van der Waals surface area contributed by atoms with E-state index >= 15 is 4.39 Å². The molecule has 2 aliphatic heterocycles. The Bertz CT molecular complexity index is 2070. The number of benzene rings is 2. The molecule has 47 heavy (non-hydrogen) atoms. The van der Waals surface area contributed by atoms with Crippen molar-refractivity contribution in [2.45, 2.75) is 37.1 Å². The van der Waals surface area contributed by atoms with Crippen LogP contribution in [-0.4, -0.2) is 80.3 Å². The fourth-order valence-electron chi connectivity index (χ4n) is 6.60. The van der Waals surface area contributed by atoms with Crippen molar-refractivity contribution >= 4 is 53.0 Å². The minimum atomic E-state index is -5.16. The molecule has 4 aromatic rings. The van der Waals surface area contributed by atoms with Crippen molar-refractivity contribution < 1.29 is 39.5 Å². The zero-order valence-electron chi connectivity index (χ0n) is 25.1. The van der Waals surface area contributed by atoms with Crippen LogP contribution in [0.5, 0.6) is 6.01 Å². The van der Waals surface area contributed by atoms with Gasteiger partial charge in [-0.15, -0.1) is 11.3 Å². The number of ether oxygens (including phenoxy) is 1. The molecule has 6 rings (SSSR count). The first-order valence-electron chi connectivity index (χ1n) is 14.5. The van der Waals surface area contributed by atoms with Gasteiger partial charge in [-0.1, -0.05) is 6.07 Å². The first-order chi connectivity index (χ1) is 22.0. The molecule has 9 nitrogen and oxygen atoms in total. The number of nitriles is 1. The van der Waals surface area contributed by atoms with E-state index in [1.54, 1.807) is 6.07 Å². The Hall–Kier alpha value is -3.88. The number of anilines is 2. The van der Waals surface area contributed by atoms with Crippen molar-refractivity contribution in [2.24, 2.45) is 0 Å². The molecule has 17 heteroatoms. The van der Waals surface area contributed by atoms with Gasteiger partial charge < -0.3 is 15.4 Å². The van der Waals surface area contributed by atoms with Crippen LogP contribution >= 0.6 is 11.3 Å². The Kier molecular flexibility index (Phi) is 8.20. The van der Waals surface area contributed by atoms with Gasteiger partial charge in [0.05, 0.1) is 27.1 Å². The first kappa shape index (κ1) is 33.0. The van der Waals surface area contributed by atoms with Crippen LogP contribution in [0.3, 0.4) is 0 Å². The van der Waals surface area contributed by atoms with E-state index in [-0.39, 0.29) is 52.6 Å². The van der Waals surface area contributed by atoms with E-state index in [1.165, 1.54) is 11.9 Å². The summed E-state index contributed by atoms with van der Waals surface area (Å²) in [5, 5.41) is 8.91. The topological polar surface area (TPSA) is 125 Å². The number of nitrogen functional groups attached to an aromatic ring is 1. The Labute approximate surface area is 269 Å². The van der Waals surface area contributed by atoms with E-state index in [0.29, 0.717) is 30.4 Å². The van der Waals surface area contributed by atoms with Crippen molar-refractivity contribution in [3.8, 4) is 23.2 Å². The number of nitrogens with zero attached hydrogens (tertiary/aromatic N) is 5. The lowest BCUT2D eigenvalue weighted by Crippen LogP contribution is -2.43. The predicted molar refractivity (Wildman–Crippen MR) is 166 cm³/mol. The second kappa shape index (κ2) is 11.7. The quantitative estimate of drug-likeness (QED) is 0.231. The number of nitrogens with two attached hydrogens (primary N) is 1. The summed E-state index contributed by atoms with van der Waals surface area (Å²) in [6.07, 6.45) is -3.62. The number of fused-ring (bicyclic) bond motifs is 3. The van der Waals surface area contributed by atoms with Crippen LogP contribution in [-0.2, 0) is 16.0 Å². The van der Waals surface area contributed by atoms with E-state index in [9.17, 15) is 35.6 Å². The van der Waals surface area contributed by atoms with Crippen molar-refractivity contribution in [3.63, 3.8) is 0 Å². The van der Waals surface area contributed by atoms with Gasteiger partial charge >= 0.3 is 12.2 Å². The van der Waals surface area contributed by atoms with E-state index < -0.39 is 78.7 Å². The van der Waals surface area contributed by atoms with Crippen LogP contribution < -0.4 is 15.4 Å². The lowest BCUT2D eigenvalue weighted by Gasteiger charge is -2.31. The van der Waals surface area contributed by atoms with Crippen molar-refractivity contribution in [2.75, 3.05) is 55.9 Å². The highest BCUT2D eigenvalue weighted by atomic mass is 32.2. The Morgan fingerprint density at radius 2 is 2.02 bits per heavy atom. The molecule has 2 saturated heterocycles. The van der Waals surface area contributed by atoms with E-state index in [4.69, 9.17) is 10.5 Å². The highest BCUT2D eigenvalue weighted by Gasteiger charge is 2.49. The molecule has 4 heterocycles. The largest absolute Gasteiger partial charge is 0.461 e. The van der Waals surface area contributed by atoms with Crippen LogP contribution in [0, 0.1) is 23.0 Å². The zero-order valence-corrected chi connectivity index (χ0v) is 26.7. The summed E-state index contributed by atoms with van der Waals surface area (Å²) in [7, 11) is -2.13. The minimum Gasteiger partial charge on any atom is -0.461 e. The van der Waals surface area contributed by atoms with Crippen LogP contribution in [0.25, 0.3) is 32.1 Å². The van der Waals surface area contributed by atoms with Gasteiger partial charge in [-0.3, -0.25) is 4.90 Å². The number of sulfone groups is 1. The third kappa shape index (κ3) is 5.91. The van der Waals surface area contributed by atoms with Crippen molar-refractivity contribution in [1.82, 2.24) is 14.9 Å². The lowest BCUT2D eigenvalue weighted by molar-refractivity contribution is -0.137. The van der Waals surface area contributed by atoms with Crippen LogP contribution in [0.4, 0.5) is 37.2 Å². The SMILES string of the molecule is CN(CCS(C)(=O)=O)c1nc(OCC23CCCN2CC(F)C3)nc2c(F)c(-c3ccc(F)c4sc(N)c(C#N)c34)c(C(F)(F)F)cc12. The van der Waals surface area contributed by atoms with Gasteiger partial charge in [0.25, 0.3) is 0 Å².